The Hall–Kier alpha value is -0.640. The number of aliphatic hydroxyl groups is 2. The lowest BCUT2D eigenvalue weighted by atomic mass is 9.77. The highest BCUT2D eigenvalue weighted by atomic mass is 16.5. The van der Waals surface area contributed by atoms with Crippen molar-refractivity contribution in [1.82, 2.24) is 0 Å². The predicted molar refractivity (Wildman–Crippen MR) is 142 cm³/mol. The van der Waals surface area contributed by atoms with E-state index in [-0.39, 0.29) is 18.1 Å². The van der Waals surface area contributed by atoms with Gasteiger partial charge >= 0.3 is 0 Å². The van der Waals surface area contributed by atoms with Crippen molar-refractivity contribution in [3.8, 4) is 0 Å². The van der Waals surface area contributed by atoms with Crippen molar-refractivity contribution in [2.24, 2.45) is 17.8 Å². The highest BCUT2D eigenvalue weighted by Crippen LogP contribution is 2.34. The van der Waals surface area contributed by atoms with Crippen molar-refractivity contribution in [3.63, 3.8) is 0 Å². The van der Waals surface area contributed by atoms with E-state index in [4.69, 9.17) is 4.74 Å². The molecule has 6 atom stereocenters. The zero-order valence-corrected chi connectivity index (χ0v) is 22.7. The first-order valence-corrected chi connectivity index (χ1v) is 13.9. The van der Waals surface area contributed by atoms with E-state index >= 15 is 0 Å². The maximum atomic E-state index is 10.7. The SMILES string of the molecule is C[CH-]CCCC(C)CCCC(C)(O)CCC/C=C/CC1=CC(O)C(C)C(C)C1OCCCC. The third kappa shape index (κ3) is 12.6. The highest BCUT2D eigenvalue weighted by Gasteiger charge is 2.34. The predicted octanol–water partition coefficient (Wildman–Crippen LogP) is 7.81. The van der Waals surface area contributed by atoms with Crippen molar-refractivity contribution >= 4 is 0 Å². The van der Waals surface area contributed by atoms with Crippen LogP contribution in [0.25, 0.3) is 0 Å². The molecule has 0 aromatic heterocycles. The topological polar surface area (TPSA) is 49.7 Å². The van der Waals surface area contributed by atoms with Gasteiger partial charge in [0.05, 0.1) is 17.8 Å². The van der Waals surface area contributed by atoms with Crippen LogP contribution < -0.4 is 0 Å². The monoisotopic (exact) mass is 463 g/mol. The lowest BCUT2D eigenvalue weighted by Crippen LogP contribution is -2.38. The molecule has 0 saturated heterocycles. The Labute approximate surface area is 206 Å². The molecule has 1 rings (SSSR count). The molecule has 0 heterocycles. The van der Waals surface area contributed by atoms with E-state index in [0.29, 0.717) is 5.92 Å². The summed E-state index contributed by atoms with van der Waals surface area (Å²) in [6.45, 7) is 13.8. The van der Waals surface area contributed by atoms with Gasteiger partial charge in [-0.25, -0.2) is 0 Å². The number of hydrogen-bond donors (Lipinski definition) is 2. The van der Waals surface area contributed by atoms with Gasteiger partial charge in [-0.05, 0) is 68.8 Å². The van der Waals surface area contributed by atoms with Gasteiger partial charge in [0.15, 0.2) is 0 Å². The van der Waals surface area contributed by atoms with Crippen LogP contribution in [0.3, 0.4) is 0 Å². The van der Waals surface area contributed by atoms with Crippen LogP contribution in [0.2, 0.25) is 0 Å². The van der Waals surface area contributed by atoms with E-state index in [9.17, 15) is 10.2 Å². The summed E-state index contributed by atoms with van der Waals surface area (Å²) in [4.78, 5) is 0. The summed E-state index contributed by atoms with van der Waals surface area (Å²) in [6, 6.07) is 0. The maximum Gasteiger partial charge on any atom is 0.0818 e. The Morgan fingerprint density at radius 1 is 1.09 bits per heavy atom. The largest absolute Gasteiger partial charge is 0.390 e. The van der Waals surface area contributed by atoms with Crippen molar-refractivity contribution in [3.05, 3.63) is 30.2 Å². The van der Waals surface area contributed by atoms with Crippen LogP contribution in [-0.4, -0.2) is 34.6 Å². The Kier molecular flexibility index (Phi) is 15.6. The van der Waals surface area contributed by atoms with Crippen LogP contribution in [0, 0.1) is 24.2 Å². The van der Waals surface area contributed by atoms with E-state index in [1.165, 1.54) is 31.3 Å². The summed E-state index contributed by atoms with van der Waals surface area (Å²) in [5.74, 6) is 1.31. The van der Waals surface area contributed by atoms with Gasteiger partial charge in [0.1, 0.15) is 0 Å². The number of ether oxygens (including phenoxy) is 1. The molecule has 33 heavy (non-hydrogen) atoms. The number of rotatable bonds is 18. The zero-order valence-electron chi connectivity index (χ0n) is 22.7. The fourth-order valence-corrected chi connectivity index (χ4v) is 4.90. The summed E-state index contributed by atoms with van der Waals surface area (Å²) >= 11 is 0. The van der Waals surface area contributed by atoms with Crippen molar-refractivity contribution in [2.75, 3.05) is 6.61 Å². The third-order valence-electron chi connectivity index (χ3n) is 7.60. The minimum Gasteiger partial charge on any atom is -0.390 e. The fourth-order valence-electron chi connectivity index (χ4n) is 4.90. The highest BCUT2D eigenvalue weighted by molar-refractivity contribution is 5.20. The summed E-state index contributed by atoms with van der Waals surface area (Å²) < 4.78 is 6.22. The third-order valence-corrected chi connectivity index (χ3v) is 7.60. The van der Waals surface area contributed by atoms with Gasteiger partial charge in [0.25, 0.3) is 0 Å². The molecule has 1 aliphatic rings. The Morgan fingerprint density at radius 3 is 2.48 bits per heavy atom. The number of allylic oxidation sites excluding steroid dienone is 2. The molecule has 0 aromatic carbocycles. The maximum absolute atomic E-state index is 10.7. The van der Waals surface area contributed by atoms with Gasteiger partial charge in [0.2, 0.25) is 0 Å². The molecule has 194 valence electrons. The average Bonchev–Trinajstić information content (AvgIpc) is 2.76. The van der Waals surface area contributed by atoms with Crippen LogP contribution in [0.4, 0.5) is 0 Å². The van der Waals surface area contributed by atoms with Gasteiger partial charge in [-0.2, -0.15) is 13.3 Å². The summed E-state index contributed by atoms with van der Waals surface area (Å²) in [5, 5.41) is 21.2. The molecule has 1 aliphatic carbocycles. The normalized spacial score (nSPS) is 26.4. The molecule has 2 N–H and O–H groups in total. The molecule has 0 spiro atoms. The quantitative estimate of drug-likeness (QED) is 0.124. The summed E-state index contributed by atoms with van der Waals surface area (Å²) in [5.41, 5.74) is 0.670. The first-order chi connectivity index (χ1) is 15.7. The van der Waals surface area contributed by atoms with Gasteiger partial charge in [-0.3, -0.25) is 0 Å². The van der Waals surface area contributed by atoms with E-state index in [2.05, 4.69) is 53.2 Å². The molecule has 0 amide bonds. The van der Waals surface area contributed by atoms with Crippen molar-refractivity contribution in [1.29, 1.82) is 0 Å². The summed E-state index contributed by atoms with van der Waals surface area (Å²) in [6.07, 6.45) is 21.4. The number of aliphatic hydroxyl groups excluding tert-OH is 1. The van der Waals surface area contributed by atoms with Crippen LogP contribution in [-0.2, 0) is 4.74 Å². The van der Waals surface area contributed by atoms with E-state index in [0.717, 1.165) is 63.9 Å². The molecular weight excluding hydrogens is 408 g/mol. The second kappa shape index (κ2) is 16.9. The Morgan fingerprint density at radius 2 is 1.79 bits per heavy atom. The first kappa shape index (κ1) is 30.4. The molecule has 3 nitrogen and oxygen atoms in total. The molecule has 0 bridgehead atoms. The molecule has 3 heteroatoms. The van der Waals surface area contributed by atoms with Gasteiger partial charge in [0, 0.05) is 6.61 Å². The molecule has 0 fully saturated rings. The van der Waals surface area contributed by atoms with E-state index in [1.807, 2.05) is 13.0 Å². The lowest BCUT2D eigenvalue weighted by molar-refractivity contribution is -0.0111. The van der Waals surface area contributed by atoms with Gasteiger partial charge in [-0.1, -0.05) is 78.0 Å². The molecule has 6 unspecified atom stereocenters. The van der Waals surface area contributed by atoms with Crippen LogP contribution in [0.5, 0.6) is 0 Å². The smallest absolute Gasteiger partial charge is 0.0818 e. The molecular formula is C30H55O3-. The van der Waals surface area contributed by atoms with Crippen LogP contribution in [0.1, 0.15) is 119 Å². The molecule has 0 saturated carbocycles. The number of unbranched alkanes of at least 4 members (excludes halogenated alkanes) is 4. The molecule has 0 aromatic rings. The van der Waals surface area contributed by atoms with Crippen LogP contribution >= 0.6 is 0 Å². The van der Waals surface area contributed by atoms with E-state index in [1.54, 1.807) is 0 Å². The van der Waals surface area contributed by atoms with Crippen LogP contribution in [0.15, 0.2) is 23.8 Å². The molecule has 0 radical (unpaired) electrons. The number of hydrogen-bond acceptors (Lipinski definition) is 3. The summed E-state index contributed by atoms with van der Waals surface area (Å²) in [7, 11) is 0. The first-order valence-electron chi connectivity index (χ1n) is 13.9. The minimum atomic E-state index is -0.551. The minimum absolute atomic E-state index is 0.114. The molecule has 0 aliphatic heterocycles. The van der Waals surface area contributed by atoms with Gasteiger partial charge in [-0.15, -0.1) is 0 Å². The van der Waals surface area contributed by atoms with Crippen molar-refractivity contribution < 1.29 is 14.9 Å². The van der Waals surface area contributed by atoms with E-state index < -0.39 is 5.60 Å². The zero-order chi connectivity index (χ0) is 24.7. The fraction of sp³-hybridized carbons (Fsp3) is 0.833. The standard InChI is InChI=1S/C30H55O3/c1-7-9-13-17-24(3)18-16-21-30(6,32)20-15-12-11-14-19-27-23-28(31)25(4)26(5)29(27)33-22-10-8-2/h7,11,14,23-26,28-29,31-32H,8-10,12-13,15-22H2,1-6H3/q-1/b14-11+. The van der Waals surface area contributed by atoms with Crippen molar-refractivity contribution in [2.45, 2.75) is 136 Å². The average molecular weight is 464 g/mol. The Balaban J connectivity index is 2.35. The lowest BCUT2D eigenvalue weighted by Gasteiger charge is -2.37. The Bertz CT molecular complexity index is 551. The second-order valence-electron chi connectivity index (χ2n) is 11.0. The van der Waals surface area contributed by atoms with Gasteiger partial charge < -0.3 is 21.4 Å². The second-order valence-corrected chi connectivity index (χ2v) is 11.0.